The molecule has 2 aromatic rings. The normalized spacial score (nSPS) is 11.1. The van der Waals surface area contributed by atoms with Crippen molar-refractivity contribution in [3.63, 3.8) is 0 Å². The van der Waals surface area contributed by atoms with Crippen LogP contribution in [0.15, 0.2) is 39.8 Å². The molecule has 0 aliphatic heterocycles. The minimum atomic E-state index is -0.0665. The van der Waals surface area contributed by atoms with Crippen LogP contribution in [-0.4, -0.2) is 30.6 Å². The number of nitrogens with zero attached hydrogens (tertiary/aromatic N) is 2. The highest BCUT2D eigenvalue weighted by Gasteiger charge is 2.09. The number of aliphatic imine (C=N–C) groups is 1. The van der Waals surface area contributed by atoms with Gasteiger partial charge in [0.2, 0.25) is 0 Å². The third-order valence-corrected chi connectivity index (χ3v) is 3.81. The van der Waals surface area contributed by atoms with E-state index in [1.54, 1.807) is 13.1 Å². The van der Waals surface area contributed by atoms with Gasteiger partial charge in [0.25, 0.3) is 5.91 Å². The Hall–Kier alpha value is -2.10. The van der Waals surface area contributed by atoms with Crippen LogP contribution in [0.5, 0.6) is 0 Å². The lowest BCUT2D eigenvalue weighted by atomic mass is 10.1. The van der Waals surface area contributed by atoms with Gasteiger partial charge in [0, 0.05) is 31.8 Å². The first kappa shape index (κ1) is 22.9. The molecule has 7 nitrogen and oxygen atoms in total. The molecular weight excluding hydrogens is 457 g/mol. The smallest absolute Gasteiger partial charge is 0.251 e. The molecule has 148 valence electrons. The maximum absolute atomic E-state index is 11.9. The lowest BCUT2D eigenvalue weighted by molar-refractivity contribution is 0.0955. The Morgan fingerprint density at radius 2 is 1.93 bits per heavy atom. The van der Waals surface area contributed by atoms with Crippen LogP contribution < -0.4 is 16.0 Å². The van der Waals surface area contributed by atoms with Crippen LogP contribution in [0.2, 0.25) is 0 Å². The van der Waals surface area contributed by atoms with E-state index in [2.05, 4.69) is 39.9 Å². The fourth-order valence-corrected chi connectivity index (χ4v) is 2.35. The van der Waals surface area contributed by atoms with Crippen LogP contribution in [0, 0.1) is 0 Å². The molecule has 1 aromatic heterocycles. The fourth-order valence-electron chi connectivity index (χ4n) is 2.35. The highest BCUT2D eigenvalue weighted by Crippen LogP contribution is 2.13. The van der Waals surface area contributed by atoms with Gasteiger partial charge < -0.3 is 20.5 Å². The number of guanidine groups is 1. The number of carbonyl (C=O) groups excluding carboxylic acids is 1. The first-order valence-electron chi connectivity index (χ1n) is 8.80. The van der Waals surface area contributed by atoms with E-state index in [1.807, 2.05) is 31.2 Å². The minimum Gasteiger partial charge on any atom is -0.359 e. The van der Waals surface area contributed by atoms with Crippen molar-refractivity contribution in [3.05, 3.63) is 52.9 Å². The Morgan fingerprint density at radius 1 is 1.19 bits per heavy atom. The van der Waals surface area contributed by atoms with Crippen LogP contribution >= 0.6 is 24.0 Å². The van der Waals surface area contributed by atoms with Crippen LogP contribution in [0.3, 0.4) is 0 Å². The fraction of sp³-hybridized carbons (Fsp3) is 0.421. The molecule has 0 fully saturated rings. The standard InChI is InChI=1S/C19H27N5O2.HI/c1-5-21-18(25)15-8-6-7-14(9-15)11-22-19(20-4)23-12-16-10-17(13(2)3)24-26-16;/h6-10,13H,5,11-12H2,1-4H3,(H,21,25)(H2,20,22,23);1H. The number of carbonyl (C=O) groups is 1. The molecule has 0 saturated heterocycles. The highest BCUT2D eigenvalue weighted by atomic mass is 127. The third kappa shape index (κ3) is 7.20. The van der Waals surface area contributed by atoms with Gasteiger partial charge in [0.15, 0.2) is 11.7 Å². The summed E-state index contributed by atoms with van der Waals surface area (Å²) in [5.74, 6) is 1.68. The summed E-state index contributed by atoms with van der Waals surface area (Å²) in [5.41, 5.74) is 2.59. The van der Waals surface area contributed by atoms with Crippen molar-refractivity contribution in [1.29, 1.82) is 0 Å². The molecule has 3 N–H and O–H groups in total. The van der Waals surface area contributed by atoms with Crippen molar-refractivity contribution >= 4 is 35.8 Å². The average molecular weight is 485 g/mol. The molecule has 0 radical (unpaired) electrons. The van der Waals surface area contributed by atoms with Gasteiger partial charge >= 0.3 is 0 Å². The number of hydrogen-bond acceptors (Lipinski definition) is 4. The van der Waals surface area contributed by atoms with E-state index in [9.17, 15) is 4.79 Å². The summed E-state index contributed by atoms with van der Waals surface area (Å²) in [6, 6.07) is 9.46. The lowest BCUT2D eigenvalue weighted by Crippen LogP contribution is -2.36. The summed E-state index contributed by atoms with van der Waals surface area (Å²) in [7, 11) is 1.71. The molecule has 8 heteroatoms. The van der Waals surface area contributed by atoms with E-state index in [0.29, 0.717) is 37.1 Å². The zero-order chi connectivity index (χ0) is 18.9. The summed E-state index contributed by atoms with van der Waals surface area (Å²) in [6.07, 6.45) is 0. The number of aromatic nitrogens is 1. The molecular formula is C19H28IN5O2. The largest absolute Gasteiger partial charge is 0.359 e. The number of hydrogen-bond donors (Lipinski definition) is 3. The van der Waals surface area contributed by atoms with Crippen LogP contribution in [-0.2, 0) is 13.1 Å². The predicted octanol–water partition coefficient (Wildman–Crippen LogP) is 3.03. The van der Waals surface area contributed by atoms with E-state index in [1.165, 1.54) is 0 Å². The topological polar surface area (TPSA) is 91.5 Å². The van der Waals surface area contributed by atoms with Crippen molar-refractivity contribution in [1.82, 2.24) is 21.1 Å². The van der Waals surface area contributed by atoms with E-state index < -0.39 is 0 Å². The maximum atomic E-state index is 11.9. The first-order chi connectivity index (χ1) is 12.5. The number of halogens is 1. The molecule has 0 unspecified atom stereocenters. The quantitative estimate of drug-likeness (QED) is 0.319. The molecule has 1 aromatic carbocycles. The second-order valence-electron chi connectivity index (χ2n) is 6.21. The number of nitrogens with one attached hydrogen (secondary N) is 3. The summed E-state index contributed by atoms with van der Waals surface area (Å²) >= 11 is 0. The highest BCUT2D eigenvalue weighted by molar-refractivity contribution is 14.0. The SMILES string of the molecule is CCNC(=O)c1cccc(CNC(=NC)NCc2cc(C(C)C)no2)c1.I. The molecule has 0 aliphatic carbocycles. The minimum absolute atomic E-state index is 0. The lowest BCUT2D eigenvalue weighted by Gasteiger charge is -2.11. The Balaban J connectivity index is 0.00000364. The Labute approximate surface area is 177 Å². The van der Waals surface area contributed by atoms with E-state index in [0.717, 1.165) is 17.0 Å². The van der Waals surface area contributed by atoms with Crippen LogP contribution in [0.4, 0.5) is 0 Å². The third-order valence-electron chi connectivity index (χ3n) is 3.81. The van der Waals surface area contributed by atoms with Crippen molar-refractivity contribution in [2.24, 2.45) is 4.99 Å². The van der Waals surface area contributed by atoms with Crippen molar-refractivity contribution in [2.75, 3.05) is 13.6 Å². The molecule has 27 heavy (non-hydrogen) atoms. The molecule has 0 bridgehead atoms. The Kier molecular flexibility index (Phi) is 9.84. The van der Waals surface area contributed by atoms with Crippen LogP contribution in [0.1, 0.15) is 54.1 Å². The molecule has 1 heterocycles. The summed E-state index contributed by atoms with van der Waals surface area (Å²) in [4.78, 5) is 16.1. The van der Waals surface area contributed by atoms with E-state index in [4.69, 9.17) is 4.52 Å². The second kappa shape index (κ2) is 11.6. The molecule has 0 atom stereocenters. The molecule has 0 spiro atoms. The monoisotopic (exact) mass is 485 g/mol. The van der Waals surface area contributed by atoms with Crippen molar-refractivity contribution in [3.8, 4) is 0 Å². The van der Waals surface area contributed by atoms with Crippen molar-refractivity contribution < 1.29 is 9.32 Å². The zero-order valence-electron chi connectivity index (χ0n) is 16.2. The Bertz CT molecular complexity index is 758. The maximum Gasteiger partial charge on any atom is 0.251 e. The average Bonchev–Trinajstić information content (AvgIpc) is 3.12. The summed E-state index contributed by atoms with van der Waals surface area (Å²) in [5, 5.41) is 13.3. The number of benzene rings is 1. The van der Waals surface area contributed by atoms with E-state index in [-0.39, 0.29) is 29.9 Å². The van der Waals surface area contributed by atoms with Gasteiger partial charge in [-0.15, -0.1) is 24.0 Å². The van der Waals surface area contributed by atoms with Gasteiger partial charge in [-0.05, 0) is 30.5 Å². The summed E-state index contributed by atoms with van der Waals surface area (Å²) < 4.78 is 5.31. The predicted molar refractivity (Wildman–Crippen MR) is 117 cm³/mol. The number of rotatable bonds is 7. The van der Waals surface area contributed by atoms with Gasteiger partial charge in [-0.1, -0.05) is 31.1 Å². The van der Waals surface area contributed by atoms with Crippen molar-refractivity contribution in [2.45, 2.75) is 39.8 Å². The first-order valence-corrected chi connectivity index (χ1v) is 8.80. The molecule has 0 aliphatic rings. The zero-order valence-corrected chi connectivity index (χ0v) is 18.5. The van der Waals surface area contributed by atoms with Crippen LogP contribution in [0.25, 0.3) is 0 Å². The van der Waals surface area contributed by atoms with Gasteiger partial charge in [-0.25, -0.2) is 0 Å². The Morgan fingerprint density at radius 3 is 2.56 bits per heavy atom. The molecule has 0 saturated carbocycles. The molecule has 2 rings (SSSR count). The second-order valence-corrected chi connectivity index (χ2v) is 6.21. The molecule has 1 amide bonds. The summed E-state index contributed by atoms with van der Waals surface area (Å²) in [6.45, 7) is 7.71. The van der Waals surface area contributed by atoms with Gasteiger partial charge in [0.05, 0.1) is 12.2 Å². The van der Waals surface area contributed by atoms with Gasteiger partial charge in [0.1, 0.15) is 0 Å². The number of amides is 1. The van der Waals surface area contributed by atoms with Gasteiger partial charge in [-0.2, -0.15) is 0 Å². The van der Waals surface area contributed by atoms with Gasteiger partial charge in [-0.3, -0.25) is 9.79 Å². The van der Waals surface area contributed by atoms with E-state index >= 15 is 0 Å².